The van der Waals surface area contributed by atoms with Crippen molar-refractivity contribution in [1.29, 1.82) is 0 Å². The summed E-state index contributed by atoms with van der Waals surface area (Å²) in [6.07, 6.45) is 10.0. The van der Waals surface area contributed by atoms with Crippen LogP contribution in [0.1, 0.15) is 66.7 Å². The summed E-state index contributed by atoms with van der Waals surface area (Å²) >= 11 is 0. The maximum absolute atomic E-state index is 10.6. The molecule has 2 aliphatic rings. The normalized spacial score (nSPS) is 46.4. The molecule has 23 heavy (non-hydrogen) atoms. The molecule has 2 unspecified atom stereocenters. The molecular formula is C20H34O3. The summed E-state index contributed by atoms with van der Waals surface area (Å²) in [4.78, 5) is 0. The van der Waals surface area contributed by atoms with Crippen LogP contribution in [0, 0.1) is 11.8 Å². The van der Waals surface area contributed by atoms with Crippen LogP contribution in [-0.4, -0.2) is 33.6 Å². The molecule has 3 heteroatoms. The summed E-state index contributed by atoms with van der Waals surface area (Å²) in [5.41, 5.74) is 0.198. The van der Waals surface area contributed by atoms with Crippen LogP contribution >= 0.6 is 0 Å². The fourth-order valence-electron chi connectivity index (χ4n) is 3.63. The second-order valence-electron chi connectivity index (χ2n) is 8.37. The molecule has 0 radical (unpaired) electrons. The van der Waals surface area contributed by atoms with Crippen molar-refractivity contribution >= 4 is 0 Å². The fraction of sp³-hybridized carbons (Fsp3) is 0.800. The van der Waals surface area contributed by atoms with Crippen LogP contribution in [0.4, 0.5) is 0 Å². The van der Waals surface area contributed by atoms with Crippen LogP contribution in [0.25, 0.3) is 0 Å². The molecule has 0 saturated carbocycles. The van der Waals surface area contributed by atoms with Crippen LogP contribution < -0.4 is 0 Å². The highest BCUT2D eigenvalue weighted by Crippen LogP contribution is 2.44. The largest absolute Gasteiger partial charge is 0.390 e. The third-order valence-electron chi connectivity index (χ3n) is 5.48. The van der Waals surface area contributed by atoms with Crippen molar-refractivity contribution in [1.82, 2.24) is 0 Å². The molecule has 0 aromatic rings. The van der Waals surface area contributed by atoms with Crippen molar-refractivity contribution in [3.05, 3.63) is 23.8 Å². The van der Waals surface area contributed by atoms with Gasteiger partial charge in [-0.15, -0.1) is 0 Å². The summed E-state index contributed by atoms with van der Waals surface area (Å²) in [6, 6.07) is 0. The van der Waals surface area contributed by atoms with Crippen molar-refractivity contribution in [3.8, 4) is 0 Å². The lowest BCUT2D eigenvalue weighted by Crippen LogP contribution is -2.33. The van der Waals surface area contributed by atoms with E-state index >= 15 is 0 Å². The molecule has 1 aliphatic carbocycles. The maximum Gasteiger partial charge on any atom is 0.113 e. The minimum atomic E-state index is -0.992. The van der Waals surface area contributed by atoms with Gasteiger partial charge >= 0.3 is 0 Å². The van der Waals surface area contributed by atoms with Gasteiger partial charge in [0, 0.05) is 6.42 Å². The number of aliphatic hydroxyl groups is 2. The summed E-state index contributed by atoms with van der Waals surface area (Å²) < 4.78 is 5.77. The van der Waals surface area contributed by atoms with E-state index in [0.717, 1.165) is 25.7 Å². The molecule has 1 fully saturated rings. The first-order valence-corrected chi connectivity index (χ1v) is 9.06. The van der Waals surface area contributed by atoms with Gasteiger partial charge in [-0.3, -0.25) is 0 Å². The van der Waals surface area contributed by atoms with E-state index in [1.807, 2.05) is 6.08 Å². The molecular weight excluding hydrogens is 288 g/mol. The zero-order valence-electron chi connectivity index (χ0n) is 15.4. The van der Waals surface area contributed by atoms with Gasteiger partial charge in [0.05, 0.1) is 17.3 Å². The van der Waals surface area contributed by atoms with Gasteiger partial charge in [0.2, 0.25) is 0 Å². The number of aliphatic hydroxyl groups excluding tert-OH is 1. The summed E-state index contributed by atoms with van der Waals surface area (Å²) in [7, 11) is 0. The van der Waals surface area contributed by atoms with E-state index in [4.69, 9.17) is 4.74 Å². The topological polar surface area (TPSA) is 53.0 Å². The maximum atomic E-state index is 10.6. The average molecular weight is 322 g/mol. The van der Waals surface area contributed by atoms with E-state index in [-0.39, 0.29) is 11.7 Å². The van der Waals surface area contributed by atoms with Crippen molar-refractivity contribution in [2.75, 3.05) is 0 Å². The lowest BCUT2D eigenvalue weighted by atomic mass is 9.85. The number of hydrogen-bond acceptors (Lipinski definition) is 3. The zero-order chi connectivity index (χ0) is 17.3. The Morgan fingerprint density at radius 2 is 2.00 bits per heavy atom. The second kappa shape index (κ2) is 7.08. The number of hydrogen-bond donors (Lipinski definition) is 2. The first-order chi connectivity index (χ1) is 10.6. The average Bonchev–Trinajstić information content (AvgIpc) is 3.09. The van der Waals surface area contributed by atoms with Gasteiger partial charge < -0.3 is 14.9 Å². The molecule has 2 N–H and O–H groups in total. The molecule has 3 nitrogen and oxygen atoms in total. The Labute approximate surface area is 141 Å². The van der Waals surface area contributed by atoms with E-state index < -0.39 is 11.7 Å². The van der Waals surface area contributed by atoms with E-state index in [9.17, 15) is 10.2 Å². The van der Waals surface area contributed by atoms with Gasteiger partial charge in [0.15, 0.2) is 0 Å². The minimum Gasteiger partial charge on any atom is -0.390 e. The Morgan fingerprint density at radius 1 is 1.30 bits per heavy atom. The summed E-state index contributed by atoms with van der Waals surface area (Å²) in [5.74, 6) is 0.995. The lowest BCUT2D eigenvalue weighted by Gasteiger charge is -2.25. The van der Waals surface area contributed by atoms with Crippen LogP contribution in [0.5, 0.6) is 0 Å². The third-order valence-corrected chi connectivity index (χ3v) is 5.48. The number of rotatable bonds is 1. The Bertz CT molecular complexity index is 464. The molecule has 0 aromatic heterocycles. The third kappa shape index (κ3) is 5.17. The Balaban J connectivity index is 2.16. The van der Waals surface area contributed by atoms with Crippen LogP contribution in [-0.2, 0) is 4.74 Å². The lowest BCUT2D eigenvalue weighted by molar-refractivity contribution is 0.0275. The Hall–Kier alpha value is -0.640. The molecule has 2 rings (SSSR count). The smallest absolute Gasteiger partial charge is 0.113 e. The zero-order valence-corrected chi connectivity index (χ0v) is 15.4. The molecule has 1 aliphatic heterocycles. The number of fused-ring (bicyclic) bond motifs is 1. The van der Waals surface area contributed by atoms with E-state index in [1.165, 1.54) is 5.57 Å². The molecule has 132 valence electrons. The van der Waals surface area contributed by atoms with Crippen molar-refractivity contribution in [2.24, 2.45) is 11.8 Å². The van der Waals surface area contributed by atoms with Gasteiger partial charge in [0.1, 0.15) is 6.10 Å². The van der Waals surface area contributed by atoms with E-state index in [0.29, 0.717) is 18.3 Å². The molecule has 0 bridgehead atoms. The van der Waals surface area contributed by atoms with Crippen molar-refractivity contribution < 1.29 is 14.9 Å². The first-order valence-electron chi connectivity index (χ1n) is 9.06. The monoisotopic (exact) mass is 322 g/mol. The van der Waals surface area contributed by atoms with Crippen molar-refractivity contribution in [2.45, 2.75) is 90.1 Å². The first kappa shape index (κ1) is 18.7. The van der Waals surface area contributed by atoms with Gasteiger partial charge in [0.25, 0.3) is 0 Å². The Kier molecular flexibility index (Phi) is 5.76. The quantitative estimate of drug-likeness (QED) is 0.567. The van der Waals surface area contributed by atoms with Gasteiger partial charge in [-0.2, -0.15) is 0 Å². The number of ether oxygens (including phenoxy) is 1. The van der Waals surface area contributed by atoms with Gasteiger partial charge in [-0.1, -0.05) is 37.6 Å². The van der Waals surface area contributed by atoms with Gasteiger partial charge in [-0.05, 0) is 58.3 Å². The summed E-state index contributed by atoms with van der Waals surface area (Å²) in [5, 5.41) is 21.0. The number of epoxide rings is 1. The van der Waals surface area contributed by atoms with E-state index in [1.54, 1.807) is 6.92 Å². The van der Waals surface area contributed by atoms with E-state index in [2.05, 4.69) is 39.8 Å². The minimum absolute atomic E-state index is 0.153. The van der Waals surface area contributed by atoms with Crippen molar-refractivity contribution in [3.63, 3.8) is 0 Å². The molecule has 1 saturated heterocycles. The predicted molar refractivity (Wildman–Crippen MR) is 94.2 cm³/mol. The fourth-order valence-corrected chi connectivity index (χ4v) is 3.63. The highest BCUT2D eigenvalue weighted by atomic mass is 16.6. The predicted octanol–water partition coefficient (Wildman–Crippen LogP) is 3.99. The SMILES string of the molecule is C/C1=C/CC[C@]2(C)OC2C(O)C[C@@](C)(O)/C=C/[C@@H](C(C)C)CC1. The number of allylic oxidation sites excluding steroid dienone is 3. The standard InChI is InChI=1S/C20H34O3/c1-14(2)16-9-8-15(3)7-6-11-20(5)18(23-20)17(21)13-19(4,22)12-10-16/h7,10,12,14,16-18,21-22H,6,8-9,11,13H2,1-5H3/b12-10+,15-7-/t16-,17?,18?,19-,20-/m0/s1. The Morgan fingerprint density at radius 3 is 2.65 bits per heavy atom. The second-order valence-corrected chi connectivity index (χ2v) is 8.37. The van der Waals surface area contributed by atoms with Gasteiger partial charge in [-0.25, -0.2) is 0 Å². The highest BCUT2D eigenvalue weighted by Gasteiger charge is 2.55. The van der Waals surface area contributed by atoms with Crippen LogP contribution in [0.2, 0.25) is 0 Å². The molecule has 0 amide bonds. The molecule has 5 atom stereocenters. The highest BCUT2D eigenvalue weighted by molar-refractivity contribution is 5.10. The molecule has 0 aromatic carbocycles. The van der Waals surface area contributed by atoms with Crippen LogP contribution in [0.15, 0.2) is 23.8 Å². The van der Waals surface area contributed by atoms with Crippen LogP contribution in [0.3, 0.4) is 0 Å². The summed E-state index contributed by atoms with van der Waals surface area (Å²) in [6.45, 7) is 10.5. The molecule has 1 heterocycles. The molecule has 0 spiro atoms.